The summed E-state index contributed by atoms with van der Waals surface area (Å²) in [6.07, 6.45) is 0.459. The number of rotatable bonds is 8. The van der Waals surface area contributed by atoms with Gasteiger partial charge in [0.2, 0.25) is 0 Å². The molecule has 0 aliphatic heterocycles. The highest BCUT2D eigenvalue weighted by Gasteiger charge is 2.31. The first kappa shape index (κ1) is 28.4. The van der Waals surface area contributed by atoms with Gasteiger partial charge in [0.1, 0.15) is 11.6 Å². The summed E-state index contributed by atoms with van der Waals surface area (Å²) in [5.74, 6) is -0.745. The summed E-state index contributed by atoms with van der Waals surface area (Å²) in [5.41, 5.74) is 0.856. The zero-order valence-electron chi connectivity index (χ0n) is 19.0. The van der Waals surface area contributed by atoms with Gasteiger partial charge in [-0.25, -0.2) is 8.78 Å². The number of nitrogens with zero attached hydrogens (tertiary/aromatic N) is 1. The quantitative estimate of drug-likeness (QED) is 0.593. The molecule has 0 radical (unpaired) electrons. The van der Waals surface area contributed by atoms with Crippen molar-refractivity contribution >= 4 is 0 Å². The van der Waals surface area contributed by atoms with Gasteiger partial charge in [0.05, 0.1) is 20.5 Å². The summed E-state index contributed by atoms with van der Waals surface area (Å²) < 4.78 is 59.5. The van der Waals surface area contributed by atoms with Crippen LogP contribution in [-0.2, 0) is 0 Å². The lowest BCUT2D eigenvalue weighted by molar-refractivity contribution is -1.92. The summed E-state index contributed by atoms with van der Waals surface area (Å²) in [6.45, 7) is 10.8. The van der Waals surface area contributed by atoms with Gasteiger partial charge < -0.3 is 5.11 Å². The normalized spacial score (nSPS) is 14.0. The Morgan fingerprint density at radius 1 is 0.844 bits per heavy atom. The van der Waals surface area contributed by atoms with E-state index in [1.807, 2.05) is 6.92 Å². The molecule has 1 atom stereocenters. The fourth-order valence-corrected chi connectivity index (χ4v) is 3.68. The van der Waals surface area contributed by atoms with E-state index in [1.54, 1.807) is 24.3 Å². The summed E-state index contributed by atoms with van der Waals surface area (Å²) >= 11 is 0. The van der Waals surface area contributed by atoms with E-state index in [9.17, 15) is 13.9 Å². The van der Waals surface area contributed by atoms with Gasteiger partial charge in [0.25, 0.3) is 0 Å². The highest BCUT2D eigenvalue weighted by molar-refractivity contribution is 5.33. The average molecular weight is 476 g/mol. The molecule has 0 aliphatic rings. The molecule has 2 aromatic rings. The molecule has 0 spiro atoms. The van der Waals surface area contributed by atoms with E-state index in [-0.39, 0.29) is 17.6 Å². The van der Waals surface area contributed by atoms with Crippen molar-refractivity contribution < 1.29 is 42.8 Å². The third-order valence-electron chi connectivity index (χ3n) is 5.04. The van der Waals surface area contributed by atoms with Gasteiger partial charge in [0.15, 0.2) is 0 Å². The zero-order valence-corrected chi connectivity index (χ0v) is 19.7. The van der Waals surface area contributed by atoms with E-state index in [2.05, 4.69) is 32.6 Å². The SMILES string of the molecule is CC(C)N(CC(C)(O)CC(c1ccc(F)cc1)c1ccc(F)cc1)C(C)C.[O-][Cl+3]([O-])([O-])O. The Labute approximate surface area is 190 Å². The predicted molar refractivity (Wildman–Crippen MR) is 109 cm³/mol. The molecular weight excluding hydrogens is 444 g/mol. The third kappa shape index (κ3) is 10.8. The topological polar surface area (TPSA) is 113 Å². The number of aliphatic hydroxyl groups is 1. The Bertz CT molecular complexity index is 749. The molecule has 2 rings (SSSR count). The molecule has 32 heavy (non-hydrogen) atoms. The minimum Gasteiger partial charge on any atom is -0.389 e. The summed E-state index contributed by atoms with van der Waals surface area (Å²) in [6, 6.07) is 13.3. The predicted octanol–water partition coefficient (Wildman–Crippen LogP) is 1.23. The lowest BCUT2D eigenvalue weighted by atomic mass is 9.81. The number of benzene rings is 2. The standard InChI is InChI=1S/C23H31F2NO.ClHO4/c1-16(2)26(17(3)4)15-23(5,27)14-22(18-6-10-20(24)11-7-18)19-8-12-21(25)13-9-19;2-1(3,4)5/h6-13,16-17,22,27H,14-15H2,1-5H3;(H,2,3,4,5). The van der Waals surface area contributed by atoms with Crippen LogP contribution in [0.15, 0.2) is 48.5 Å². The van der Waals surface area contributed by atoms with Crippen molar-refractivity contribution in [3.63, 3.8) is 0 Å². The maximum absolute atomic E-state index is 13.4. The van der Waals surface area contributed by atoms with Gasteiger partial charge >= 0.3 is 0 Å². The van der Waals surface area contributed by atoms with Gasteiger partial charge in [-0.05, 0) is 76.4 Å². The minimum absolute atomic E-state index is 0.151. The average Bonchev–Trinajstić information content (AvgIpc) is 2.64. The van der Waals surface area contributed by atoms with E-state index in [0.29, 0.717) is 25.0 Å². The van der Waals surface area contributed by atoms with Crippen LogP contribution in [0.3, 0.4) is 0 Å². The lowest BCUT2D eigenvalue weighted by Gasteiger charge is -2.38. The summed E-state index contributed by atoms with van der Waals surface area (Å²) in [5, 5.41) is 11.2. The van der Waals surface area contributed by atoms with Crippen LogP contribution in [0, 0.1) is 21.9 Å². The Balaban J connectivity index is 0.000000920. The molecule has 0 aliphatic carbocycles. The van der Waals surface area contributed by atoms with Crippen LogP contribution < -0.4 is 14.0 Å². The first-order valence-electron chi connectivity index (χ1n) is 10.2. The molecule has 6 nitrogen and oxygen atoms in total. The largest absolute Gasteiger partial charge is 0.389 e. The molecule has 0 heterocycles. The van der Waals surface area contributed by atoms with Gasteiger partial charge in [-0.1, -0.05) is 24.3 Å². The Morgan fingerprint density at radius 2 is 1.16 bits per heavy atom. The molecule has 0 fully saturated rings. The maximum atomic E-state index is 13.4. The van der Waals surface area contributed by atoms with Crippen molar-refractivity contribution in [2.24, 2.45) is 0 Å². The van der Waals surface area contributed by atoms with Gasteiger partial charge in [-0.15, -0.1) is 0 Å². The monoisotopic (exact) mass is 475 g/mol. The summed E-state index contributed by atoms with van der Waals surface area (Å²) in [7, 11) is -4.69. The van der Waals surface area contributed by atoms with Gasteiger partial charge in [-0.3, -0.25) is 4.90 Å². The van der Waals surface area contributed by atoms with Gasteiger partial charge in [0, 0.05) is 24.5 Å². The van der Waals surface area contributed by atoms with Crippen LogP contribution >= 0.6 is 0 Å². The van der Waals surface area contributed by atoms with Crippen LogP contribution in [0.2, 0.25) is 0 Å². The molecule has 0 aromatic heterocycles. The van der Waals surface area contributed by atoms with Crippen molar-refractivity contribution in [1.29, 1.82) is 0 Å². The van der Waals surface area contributed by atoms with Crippen molar-refractivity contribution in [3.8, 4) is 0 Å². The van der Waals surface area contributed by atoms with Crippen molar-refractivity contribution in [1.82, 2.24) is 4.90 Å². The second-order valence-corrected chi connectivity index (χ2v) is 9.40. The fourth-order valence-electron chi connectivity index (χ4n) is 3.68. The van der Waals surface area contributed by atoms with Crippen molar-refractivity contribution in [2.45, 2.75) is 64.6 Å². The van der Waals surface area contributed by atoms with E-state index in [0.717, 1.165) is 11.1 Å². The zero-order chi connectivity index (χ0) is 24.7. The minimum atomic E-state index is -4.69. The van der Waals surface area contributed by atoms with E-state index in [4.69, 9.17) is 18.6 Å². The highest BCUT2D eigenvalue weighted by Crippen LogP contribution is 2.34. The smallest absolute Gasteiger partial charge is 0.123 e. The Morgan fingerprint density at radius 3 is 1.44 bits per heavy atom. The second-order valence-electron chi connectivity index (χ2n) is 8.61. The van der Waals surface area contributed by atoms with Crippen LogP contribution in [0.4, 0.5) is 8.78 Å². The van der Waals surface area contributed by atoms with E-state index >= 15 is 0 Å². The molecular formula is C23H32ClF2NO5. The van der Waals surface area contributed by atoms with Crippen molar-refractivity contribution in [2.75, 3.05) is 6.54 Å². The first-order chi connectivity index (χ1) is 14.6. The fraction of sp³-hybridized carbons (Fsp3) is 0.478. The Hall–Kier alpha value is -1.65. The number of halogens is 3. The molecule has 0 amide bonds. The van der Waals surface area contributed by atoms with Crippen LogP contribution in [0.25, 0.3) is 0 Å². The van der Waals surface area contributed by atoms with Crippen LogP contribution in [-0.4, -0.2) is 38.9 Å². The van der Waals surface area contributed by atoms with Crippen molar-refractivity contribution in [3.05, 3.63) is 71.3 Å². The molecule has 0 saturated carbocycles. The van der Waals surface area contributed by atoms with E-state index < -0.39 is 15.8 Å². The number of hydrogen-bond donors (Lipinski definition) is 2. The second kappa shape index (κ2) is 12.0. The molecule has 2 aromatic carbocycles. The van der Waals surface area contributed by atoms with Crippen LogP contribution in [0.1, 0.15) is 58.1 Å². The van der Waals surface area contributed by atoms with E-state index in [1.165, 1.54) is 24.3 Å². The maximum Gasteiger partial charge on any atom is 0.123 e. The molecule has 0 bridgehead atoms. The highest BCUT2D eigenvalue weighted by atomic mass is 35.7. The van der Waals surface area contributed by atoms with Gasteiger partial charge in [-0.2, -0.15) is 14.0 Å². The first-order valence-corrected chi connectivity index (χ1v) is 11.5. The van der Waals surface area contributed by atoms with Crippen LogP contribution in [0.5, 0.6) is 0 Å². The third-order valence-corrected chi connectivity index (χ3v) is 5.04. The molecule has 0 saturated heterocycles. The molecule has 180 valence electrons. The number of hydrogen-bond acceptors (Lipinski definition) is 6. The molecule has 2 N–H and O–H groups in total. The molecule has 1 unspecified atom stereocenters. The lowest BCUT2D eigenvalue weighted by Crippen LogP contribution is -2.58. The summed E-state index contributed by atoms with van der Waals surface area (Å²) in [4.78, 5) is 2.26. The molecule has 9 heteroatoms. The Kier molecular flexibility index (Phi) is 10.6.